The minimum atomic E-state index is -1.15. The minimum absolute atomic E-state index is 0.0176. The van der Waals surface area contributed by atoms with Crippen LogP contribution in [-0.4, -0.2) is 51.4 Å². The summed E-state index contributed by atoms with van der Waals surface area (Å²) in [6.45, 7) is 1.83. The van der Waals surface area contributed by atoms with E-state index in [1.54, 1.807) is 24.4 Å². The van der Waals surface area contributed by atoms with Gasteiger partial charge in [-0.25, -0.2) is 14.8 Å². The summed E-state index contributed by atoms with van der Waals surface area (Å²) in [6.07, 6.45) is 5.70. The Balaban J connectivity index is 1.25. The molecule has 244 valence electrons. The topological polar surface area (TPSA) is 144 Å². The molecule has 0 aliphatic carbocycles. The lowest BCUT2D eigenvalue weighted by Gasteiger charge is -2.21. The molecule has 2 aromatic carbocycles. The monoisotopic (exact) mass is 685 g/mol. The summed E-state index contributed by atoms with van der Waals surface area (Å²) < 4.78 is 12.3. The fraction of sp³-hybridized carbons (Fsp3) is 0.143. The molecule has 0 aliphatic rings. The van der Waals surface area contributed by atoms with Gasteiger partial charge >= 0.3 is 5.97 Å². The van der Waals surface area contributed by atoms with Crippen LogP contribution in [0.3, 0.4) is 0 Å². The maximum atomic E-state index is 13.0. The van der Waals surface area contributed by atoms with Gasteiger partial charge in [0.1, 0.15) is 35.9 Å². The van der Waals surface area contributed by atoms with Crippen LogP contribution in [0.4, 0.5) is 5.69 Å². The number of anilines is 1. The van der Waals surface area contributed by atoms with Gasteiger partial charge < -0.3 is 24.8 Å². The first kappa shape index (κ1) is 33.8. The van der Waals surface area contributed by atoms with Gasteiger partial charge in [-0.2, -0.15) is 0 Å². The van der Waals surface area contributed by atoms with Crippen molar-refractivity contribution in [1.29, 1.82) is 0 Å². The number of aromatic nitrogens is 3. The summed E-state index contributed by atoms with van der Waals surface area (Å²) in [5.74, 6) is -0.987. The fourth-order valence-corrected chi connectivity index (χ4v) is 5.19. The fourth-order valence-electron chi connectivity index (χ4n) is 4.59. The number of fused-ring (bicyclic) bond motifs is 1. The van der Waals surface area contributed by atoms with Crippen LogP contribution < -0.4 is 19.7 Å². The van der Waals surface area contributed by atoms with Gasteiger partial charge in [0.05, 0.1) is 22.9 Å². The van der Waals surface area contributed by atoms with Crippen LogP contribution in [0, 0.1) is 6.92 Å². The number of nitrogens with one attached hydrogen (secondary N) is 1. The zero-order valence-corrected chi connectivity index (χ0v) is 27.3. The molecule has 2 amide bonds. The van der Waals surface area contributed by atoms with Crippen molar-refractivity contribution >= 4 is 63.7 Å². The summed E-state index contributed by atoms with van der Waals surface area (Å²) >= 11 is 13.3. The predicted molar refractivity (Wildman–Crippen MR) is 182 cm³/mol. The van der Waals surface area contributed by atoms with Crippen molar-refractivity contribution in [2.75, 3.05) is 18.5 Å². The Bertz CT molecular complexity index is 2010. The SMILES string of the molecule is Cc1cc(OCc2ccccn2)c2cccc(OCc3c(Cl)ccc(N(C)C(=O)CNC(=O)/C=C/c4ccc(C(=O)O)nc4)c3Cl)c2n1. The smallest absolute Gasteiger partial charge is 0.354 e. The van der Waals surface area contributed by atoms with E-state index >= 15 is 0 Å². The largest absolute Gasteiger partial charge is 0.487 e. The first-order valence-electron chi connectivity index (χ1n) is 14.5. The molecule has 0 aliphatic heterocycles. The van der Waals surface area contributed by atoms with Gasteiger partial charge in [0.25, 0.3) is 0 Å². The highest BCUT2D eigenvalue weighted by Crippen LogP contribution is 2.36. The highest BCUT2D eigenvalue weighted by Gasteiger charge is 2.20. The third-order valence-electron chi connectivity index (χ3n) is 7.11. The molecule has 0 unspecified atom stereocenters. The number of carboxylic acid groups (broad SMARTS) is 1. The number of carbonyl (C=O) groups is 3. The van der Waals surface area contributed by atoms with Crippen LogP contribution in [-0.2, 0) is 22.8 Å². The van der Waals surface area contributed by atoms with E-state index in [1.807, 2.05) is 43.3 Å². The number of para-hydroxylation sites is 1. The van der Waals surface area contributed by atoms with Gasteiger partial charge in [-0.3, -0.25) is 14.6 Å². The lowest BCUT2D eigenvalue weighted by atomic mass is 10.1. The van der Waals surface area contributed by atoms with Gasteiger partial charge in [0, 0.05) is 53.2 Å². The Morgan fingerprint density at radius 1 is 0.958 bits per heavy atom. The second-order valence-electron chi connectivity index (χ2n) is 10.5. The van der Waals surface area contributed by atoms with Gasteiger partial charge in [-0.15, -0.1) is 0 Å². The number of carbonyl (C=O) groups excluding carboxylic acids is 2. The zero-order chi connectivity index (χ0) is 34.2. The molecule has 11 nitrogen and oxygen atoms in total. The zero-order valence-electron chi connectivity index (χ0n) is 25.8. The molecule has 0 spiro atoms. The Morgan fingerprint density at radius 2 is 1.77 bits per heavy atom. The van der Waals surface area contributed by atoms with E-state index in [-0.39, 0.29) is 30.5 Å². The van der Waals surface area contributed by atoms with Crippen molar-refractivity contribution in [2.45, 2.75) is 20.1 Å². The number of nitrogens with zero attached hydrogens (tertiary/aromatic N) is 4. The first-order chi connectivity index (χ1) is 23.1. The number of aryl methyl sites for hydroxylation is 1. The molecular formula is C35H29Cl2N5O6. The lowest BCUT2D eigenvalue weighted by Crippen LogP contribution is -2.37. The van der Waals surface area contributed by atoms with Crippen molar-refractivity contribution < 1.29 is 29.0 Å². The number of likely N-dealkylation sites (N-methyl/N-ethyl adjacent to an activating group) is 1. The number of hydrogen-bond donors (Lipinski definition) is 2. The number of ether oxygens (including phenoxy) is 2. The third-order valence-corrected chi connectivity index (χ3v) is 7.89. The molecule has 13 heteroatoms. The van der Waals surface area contributed by atoms with Crippen molar-refractivity contribution in [3.63, 3.8) is 0 Å². The predicted octanol–water partition coefficient (Wildman–Crippen LogP) is 6.29. The number of amides is 2. The second-order valence-corrected chi connectivity index (χ2v) is 11.2. The van der Waals surface area contributed by atoms with Crippen LogP contribution in [0.5, 0.6) is 11.5 Å². The van der Waals surface area contributed by atoms with Crippen molar-refractivity contribution in [2.24, 2.45) is 0 Å². The summed E-state index contributed by atoms with van der Waals surface area (Å²) in [6, 6.07) is 19.1. The van der Waals surface area contributed by atoms with E-state index in [1.165, 1.54) is 42.4 Å². The number of pyridine rings is 3. The Morgan fingerprint density at radius 3 is 2.50 bits per heavy atom. The number of rotatable bonds is 12. The molecule has 0 radical (unpaired) electrons. The third kappa shape index (κ3) is 8.24. The number of halogens is 2. The summed E-state index contributed by atoms with van der Waals surface area (Å²) in [7, 11) is 1.53. The molecule has 5 rings (SSSR count). The highest BCUT2D eigenvalue weighted by molar-refractivity contribution is 6.38. The molecule has 5 aromatic rings. The molecule has 3 aromatic heterocycles. The van der Waals surface area contributed by atoms with E-state index in [2.05, 4.69) is 20.3 Å². The molecule has 0 bridgehead atoms. The molecule has 3 heterocycles. The summed E-state index contributed by atoms with van der Waals surface area (Å²) in [5, 5.41) is 12.8. The normalized spacial score (nSPS) is 11.0. The van der Waals surface area contributed by atoms with E-state index < -0.39 is 17.8 Å². The standard InChI is InChI=1S/C35H29Cl2N5O6/c1-21-16-30(47-19-23-6-3-4-15-38-23)24-7-5-8-29(34(24)41-21)48-20-25-26(36)11-13-28(33(25)37)42(2)32(44)18-40-31(43)14-10-22-9-12-27(35(45)46)39-17-22/h3-17H,18-20H2,1-2H3,(H,40,43)(H,45,46)/b14-10+. The van der Waals surface area contributed by atoms with Crippen LogP contribution in [0.25, 0.3) is 17.0 Å². The van der Waals surface area contributed by atoms with Crippen molar-refractivity contribution in [1.82, 2.24) is 20.3 Å². The van der Waals surface area contributed by atoms with Crippen LogP contribution >= 0.6 is 23.2 Å². The Labute approximate surface area is 285 Å². The van der Waals surface area contributed by atoms with Crippen molar-refractivity contribution in [3.8, 4) is 11.5 Å². The number of hydrogen-bond acceptors (Lipinski definition) is 8. The lowest BCUT2D eigenvalue weighted by molar-refractivity contribution is -0.122. The number of aromatic carboxylic acids is 1. The van der Waals surface area contributed by atoms with Gasteiger partial charge in [0.2, 0.25) is 11.8 Å². The summed E-state index contributed by atoms with van der Waals surface area (Å²) in [4.78, 5) is 50.3. The van der Waals surface area contributed by atoms with Crippen LogP contribution in [0.2, 0.25) is 10.0 Å². The Hall–Kier alpha value is -5.52. The van der Waals surface area contributed by atoms with Gasteiger partial charge in [-0.1, -0.05) is 41.4 Å². The summed E-state index contributed by atoms with van der Waals surface area (Å²) in [5.41, 5.74) is 3.37. The van der Waals surface area contributed by atoms with Crippen LogP contribution in [0.1, 0.15) is 33.0 Å². The molecule has 0 fully saturated rings. The maximum absolute atomic E-state index is 13.0. The van der Waals surface area contributed by atoms with Crippen molar-refractivity contribution in [3.05, 3.63) is 123 Å². The van der Waals surface area contributed by atoms with Gasteiger partial charge in [-0.05, 0) is 61.0 Å². The average molecular weight is 687 g/mol. The molecule has 2 N–H and O–H groups in total. The minimum Gasteiger partial charge on any atom is -0.487 e. The first-order valence-corrected chi connectivity index (χ1v) is 15.3. The van der Waals surface area contributed by atoms with E-state index in [9.17, 15) is 14.4 Å². The van der Waals surface area contributed by atoms with Gasteiger partial charge in [0.15, 0.2) is 0 Å². The molecular weight excluding hydrogens is 657 g/mol. The molecule has 0 saturated heterocycles. The maximum Gasteiger partial charge on any atom is 0.354 e. The Kier molecular flexibility index (Phi) is 10.8. The number of benzene rings is 2. The van der Waals surface area contributed by atoms with E-state index in [0.717, 1.165) is 16.8 Å². The quantitative estimate of drug-likeness (QED) is 0.145. The highest BCUT2D eigenvalue weighted by atomic mass is 35.5. The molecule has 0 atom stereocenters. The molecule has 0 saturated carbocycles. The van der Waals surface area contributed by atoms with Crippen LogP contribution in [0.15, 0.2) is 85.2 Å². The number of carboxylic acids is 1. The van der Waals surface area contributed by atoms with E-state index in [0.29, 0.717) is 38.9 Å². The molecule has 48 heavy (non-hydrogen) atoms. The second kappa shape index (κ2) is 15.4. The van der Waals surface area contributed by atoms with E-state index in [4.69, 9.17) is 37.8 Å². The average Bonchev–Trinajstić information content (AvgIpc) is 3.09.